The third-order valence-corrected chi connectivity index (χ3v) is 8.04. The fourth-order valence-corrected chi connectivity index (χ4v) is 5.89. The summed E-state index contributed by atoms with van der Waals surface area (Å²) >= 11 is 1.62. The van der Waals surface area contributed by atoms with Crippen molar-refractivity contribution >= 4 is 33.2 Å². The maximum Gasteiger partial charge on any atom is 0.225 e. The van der Waals surface area contributed by atoms with Crippen LogP contribution in [-0.4, -0.2) is 69.7 Å². The highest BCUT2D eigenvalue weighted by atomic mass is 32.1. The van der Waals surface area contributed by atoms with E-state index in [-0.39, 0.29) is 5.92 Å². The molecule has 0 bridgehead atoms. The van der Waals surface area contributed by atoms with Crippen LogP contribution in [0, 0.1) is 12.8 Å². The van der Waals surface area contributed by atoms with Crippen molar-refractivity contribution in [3.05, 3.63) is 60.4 Å². The molecule has 0 N–H and O–H groups in total. The second kappa shape index (κ2) is 9.30. The number of hydrogen-bond acceptors (Lipinski definition) is 7. The van der Waals surface area contributed by atoms with E-state index in [0.29, 0.717) is 5.91 Å². The maximum absolute atomic E-state index is 13.2. The number of carbonyl (C=O) groups excluding carboxylic acids is 1. The van der Waals surface area contributed by atoms with Gasteiger partial charge in [-0.15, -0.1) is 5.10 Å². The number of piperazine rings is 1. The molecule has 35 heavy (non-hydrogen) atoms. The van der Waals surface area contributed by atoms with Gasteiger partial charge in [-0.25, -0.2) is 14.5 Å². The van der Waals surface area contributed by atoms with Crippen LogP contribution < -0.4 is 9.80 Å². The first-order chi connectivity index (χ1) is 17.1. The zero-order valence-electron chi connectivity index (χ0n) is 19.9. The average molecular weight is 488 g/mol. The van der Waals surface area contributed by atoms with Crippen LogP contribution in [0.1, 0.15) is 18.4 Å². The van der Waals surface area contributed by atoms with Crippen molar-refractivity contribution in [2.24, 2.45) is 5.92 Å². The van der Waals surface area contributed by atoms with Crippen LogP contribution in [-0.2, 0) is 4.79 Å². The van der Waals surface area contributed by atoms with Crippen LogP contribution in [0.25, 0.3) is 16.2 Å². The molecular formula is C26H29N7OS. The summed E-state index contributed by atoms with van der Waals surface area (Å²) in [6.45, 7) is 7.00. The molecular weight excluding hydrogens is 458 g/mol. The number of rotatable bonds is 4. The number of aromatic nitrogens is 4. The number of carbonyl (C=O) groups is 1. The molecule has 0 spiro atoms. The second-order valence-electron chi connectivity index (χ2n) is 9.37. The average Bonchev–Trinajstić information content (AvgIpc) is 3.49. The first kappa shape index (κ1) is 22.0. The highest BCUT2D eigenvalue weighted by molar-refractivity contribution is 7.20. The number of anilines is 2. The lowest BCUT2D eigenvalue weighted by Gasteiger charge is -2.38. The predicted octanol–water partition coefficient (Wildman–Crippen LogP) is 3.73. The summed E-state index contributed by atoms with van der Waals surface area (Å²) in [7, 11) is 0. The molecule has 2 saturated heterocycles. The van der Waals surface area contributed by atoms with Crippen LogP contribution in [0.4, 0.5) is 10.9 Å². The molecule has 6 rings (SSSR count). The Morgan fingerprint density at radius 1 is 0.943 bits per heavy atom. The van der Waals surface area contributed by atoms with Gasteiger partial charge in [0.2, 0.25) is 16.0 Å². The van der Waals surface area contributed by atoms with E-state index in [2.05, 4.69) is 46.0 Å². The number of imidazole rings is 1. The number of aryl methyl sites for hydroxylation is 1. The molecule has 1 aromatic carbocycles. The molecule has 9 heteroatoms. The first-order valence-electron chi connectivity index (χ1n) is 12.3. The fourth-order valence-electron chi connectivity index (χ4n) is 4.95. The molecule has 180 valence electrons. The van der Waals surface area contributed by atoms with Crippen LogP contribution in [0.2, 0.25) is 0 Å². The Kier molecular flexibility index (Phi) is 5.85. The smallest absolute Gasteiger partial charge is 0.225 e. The lowest BCUT2D eigenvalue weighted by Crippen LogP contribution is -2.51. The molecule has 3 aromatic heterocycles. The first-order valence-corrected chi connectivity index (χ1v) is 13.1. The molecule has 0 radical (unpaired) electrons. The Bertz CT molecular complexity index is 1270. The Labute approximate surface area is 208 Å². The van der Waals surface area contributed by atoms with Gasteiger partial charge in [-0.3, -0.25) is 4.79 Å². The quantitative estimate of drug-likeness (QED) is 0.437. The molecule has 1 amide bonds. The number of nitrogens with zero attached hydrogens (tertiary/aromatic N) is 7. The summed E-state index contributed by atoms with van der Waals surface area (Å²) in [6, 6.07) is 14.4. The van der Waals surface area contributed by atoms with Crippen molar-refractivity contribution < 1.29 is 4.79 Å². The van der Waals surface area contributed by atoms with Gasteiger partial charge in [0.25, 0.3) is 0 Å². The van der Waals surface area contributed by atoms with E-state index in [1.165, 1.54) is 5.56 Å². The molecule has 2 aliphatic rings. The van der Waals surface area contributed by atoms with Gasteiger partial charge in [0.15, 0.2) is 0 Å². The molecule has 2 aliphatic heterocycles. The number of hydrogen-bond donors (Lipinski definition) is 0. The van der Waals surface area contributed by atoms with Gasteiger partial charge >= 0.3 is 0 Å². The Morgan fingerprint density at radius 3 is 2.40 bits per heavy atom. The van der Waals surface area contributed by atoms with Gasteiger partial charge in [-0.1, -0.05) is 47.2 Å². The maximum atomic E-state index is 13.2. The van der Waals surface area contributed by atoms with Crippen LogP contribution in [0.5, 0.6) is 0 Å². The number of benzene rings is 1. The van der Waals surface area contributed by atoms with Crippen LogP contribution in [0.15, 0.2) is 54.9 Å². The van der Waals surface area contributed by atoms with E-state index in [4.69, 9.17) is 10.1 Å². The number of pyridine rings is 1. The summed E-state index contributed by atoms with van der Waals surface area (Å²) in [5.74, 6) is 1.40. The van der Waals surface area contributed by atoms with Crippen molar-refractivity contribution in [2.75, 3.05) is 49.1 Å². The van der Waals surface area contributed by atoms with Crippen LogP contribution >= 0.6 is 11.3 Å². The molecule has 0 atom stereocenters. The molecule has 5 heterocycles. The third-order valence-electron chi connectivity index (χ3n) is 7.06. The van der Waals surface area contributed by atoms with E-state index in [9.17, 15) is 4.79 Å². The highest BCUT2D eigenvalue weighted by Gasteiger charge is 2.31. The van der Waals surface area contributed by atoms with Gasteiger partial charge in [0, 0.05) is 56.9 Å². The van der Waals surface area contributed by atoms with Gasteiger partial charge in [-0.2, -0.15) is 0 Å². The molecule has 8 nitrogen and oxygen atoms in total. The monoisotopic (exact) mass is 487 g/mol. The minimum Gasteiger partial charge on any atom is -0.353 e. The summed E-state index contributed by atoms with van der Waals surface area (Å²) in [6.07, 6.45) is 5.57. The van der Waals surface area contributed by atoms with E-state index in [1.54, 1.807) is 11.3 Å². The molecule has 4 aromatic rings. The third kappa shape index (κ3) is 4.48. The van der Waals surface area contributed by atoms with Gasteiger partial charge in [0.05, 0.1) is 11.9 Å². The largest absolute Gasteiger partial charge is 0.353 e. The predicted molar refractivity (Wildman–Crippen MR) is 139 cm³/mol. The van der Waals surface area contributed by atoms with Crippen molar-refractivity contribution in [2.45, 2.75) is 19.8 Å². The van der Waals surface area contributed by atoms with E-state index < -0.39 is 0 Å². The van der Waals surface area contributed by atoms with Crippen molar-refractivity contribution in [1.82, 2.24) is 24.5 Å². The summed E-state index contributed by atoms with van der Waals surface area (Å²) in [5, 5.41) is 5.77. The second-order valence-corrected chi connectivity index (χ2v) is 10.3. The topological polar surface area (TPSA) is 69.9 Å². The Morgan fingerprint density at radius 2 is 1.71 bits per heavy atom. The van der Waals surface area contributed by atoms with Crippen molar-refractivity contribution in [3.8, 4) is 11.3 Å². The lowest BCUT2D eigenvalue weighted by molar-refractivity contribution is -0.136. The Balaban J connectivity index is 1.04. The number of piperidine rings is 1. The minimum atomic E-state index is 0.102. The van der Waals surface area contributed by atoms with Gasteiger partial charge in [-0.05, 0) is 31.9 Å². The molecule has 0 saturated carbocycles. The number of fused-ring (bicyclic) bond motifs is 1. The normalized spacial score (nSPS) is 17.3. The Hall–Kier alpha value is -3.46. The lowest BCUT2D eigenvalue weighted by atomic mass is 9.95. The highest BCUT2D eigenvalue weighted by Crippen LogP contribution is 2.30. The summed E-state index contributed by atoms with van der Waals surface area (Å²) in [4.78, 5) is 29.9. The molecule has 0 unspecified atom stereocenters. The van der Waals surface area contributed by atoms with Crippen LogP contribution in [0.3, 0.4) is 0 Å². The zero-order chi connectivity index (χ0) is 23.8. The van der Waals surface area contributed by atoms with Gasteiger partial charge < -0.3 is 14.7 Å². The van der Waals surface area contributed by atoms with E-state index >= 15 is 0 Å². The van der Waals surface area contributed by atoms with E-state index in [0.717, 1.165) is 79.3 Å². The van der Waals surface area contributed by atoms with Crippen molar-refractivity contribution in [1.29, 1.82) is 0 Å². The standard InChI is InChI=1S/C26H29N7OS/c1-19-5-7-20(8-6-19)22-18-33-25(28-22)35-26(29-33)32-12-9-21(10-13-32)24(34)31-16-14-30(15-17-31)23-4-2-3-11-27-23/h2-8,11,18,21H,9-10,12-17H2,1H3. The fraction of sp³-hybridized carbons (Fsp3) is 0.385. The summed E-state index contributed by atoms with van der Waals surface area (Å²) < 4.78 is 1.88. The van der Waals surface area contributed by atoms with Gasteiger partial charge in [0.1, 0.15) is 5.82 Å². The summed E-state index contributed by atoms with van der Waals surface area (Å²) in [5.41, 5.74) is 3.29. The van der Waals surface area contributed by atoms with Crippen molar-refractivity contribution in [3.63, 3.8) is 0 Å². The molecule has 0 aliphatic carbocycles. The molecule has 2 fully saturated rings. The van der Waals surface area contributed by atoms with E-state index in [1.807, 2.05) is 40.0 Å². The number of amides is 1. The zero-order valence-corrected chi connectivity index (χ0v) is 20.7. The SMILES string of the molecule is Cc1ccc(-c2cn3nc(N4CCC(C(=O)N5CCN(c6ccccn6)CC5)CC4)sc3n2)cc1. The minimum absolute atomic E-state index is 0.102.